The van der Waals surface area contributed by atoms with E-state index in [-0.39, 0.29) is 17.5 Å². The van der Waals surface area contributed by atoms with Crippen LogP contribution in [0.15, 0.2) is 77.8 Å². The van der Waals surface area contributed by atoms with E-state index in [1.54, 1.807) is 6.07 Å². The average molecular weight is 499 g/mol. The van der Waals surface area contributed by atoms with Crippen molar-refractivity contribution in [1.29, 1.82) is 0 Å². The van der Waals surface area contributed by atoms with Crippen molar-refractivity contribution < 1.29 is 19.9 Å². The van der Waals surface area contributed by atoms with E-state index in [1.165, 1.54) is 12.1 Å². The first-order valence-corrected chi connectivity index (χ1v) is 12.1. The maximum atomic E-state index is 11.4. The van der Waals surface area contributed by atoms with Gasteiger partial charge in [0, 0.05) is 35.1 Å². The number of aliphatic imine (C=N–C) groups is 1. The van der Waals surface area contributed by atoms with Crippen LogP contribution in [0.5, 0.6) is 5.88 Å². The number of aromatic hydroxyl groups is 1. The Bertz CT molecular complexity index is 1470. The number of benzene rings is 3. The fourth-order valence-corrected chi connectivity index (χ4v) is 4.78. The summed E-state index contributed by atoms with van der Waals surface area (Å²) < 4.78 is 0. The van der Waals surface area contributed by atoms with Crippen LogP contribution < -0.4 is 0 Å². The van der Waals surface area contributed by atoms with Gasteiger partial charge in [0.15, 0.2) is 5.88 Å². The molecule has 0 unspecified atom stereocenters. The van der Waals surface area contributed by atoms with Gasteiger partial charge in [0.05, 0.1) is 27.8 Å². The van der Waals surface area contributed by atoms with Gasteiger partial charge >= 0.3 is 5.97 Å². The van der Waals surface area contributed by atoms with Crippen molar-refractivity contribution in [3.05, 3.63) is 99.6 Å². The molecule has 188 valence electrons. The summed E-state index contributed by atoms with van der Waals surface area (Å²) in [6.07, 6.45) is 1.31. The molecule has 1 aliphatic heterocycles. The molecule has 37 heavy (non-hydrogen) atoms. The minimum Gasteiger partial charge on any atom is -0.494 e. The number of aliphatic carboxylic acids is 1. The van der Waals surface area contributed by atoms with Gasteiger partial charge in [-0.3, -0.25) is 19.8 Å². The Morgan fingerprint density at radius 2 is 1.76 bits per heavy atom. The van der Waals surface area contributed by atoms with Crippen LogP contribution in [-0.4, -0.2) is 49.8 Å². The fraction of sp³-hybridized carbons (Fsp3) is 0.214. The first kappa shape index (κ1) is 24.2. The molecule has 9 nitrogen and oxygen atoms in total. The van der Waals surface area contributed by atoms with Gasteiger partial charge in [-0.1, -0.05) is 42.5 Å². The van der Waals surface area contributed by atoms with Crippen LogP contribution in [0.3, 0.4) is 0 Å². The number of piperidine rings is 1. The molecule has 3 aromatic carbocycles. The predicted octanol–water partition coefficient (Wildman–Crippen LogP) is 5.25. The molecular formula is C28H26N4O5. The number of rotatable bonds is 7. The van der Waals surface area contributed by atoms with Crippen LogP contribution in [0.25, 0.3) is 10.9 Å². The molecule has 0 amide bonds. The summed E-state index contributed by atoms with van der Waals surface area (Å²) in [7, 11) is 0. The number of likely N-dealkylation sites (tertiary alicyclic amines) is 1. The first-order chi connectivity index (χ1) is 17.9. The second kappa shape index (κ2) is 10.2. The molecule has 1 fully saturated rings. The van der Waals surface area contributed by atoms with Gasteiger partial charge in [0.25, 0.3) is 5.69 Å². The van der Waals surface area contributed by atoms with Crippen LogP contribution in [0.2, 0.25) is 0 Å². The Morgan fingerprint density at radius 1 is 1.05 bits per heavy atom. The van der Waals surface area contributed by atoms with Crippen molar-refractivity contribution in [1.82, 2.24) is 9.88 Å². The predicted molar refractivity (Wildman–Crippen MR) is 140 cm³/mol. The minimum absolute atomic E-state index is 0.0723. The van der Waals surface area contributed by atoms with Gasteiger partial charge in [-0.15, -0.1) is 0 Å². The Morgan fingerprint density at radius 3 is 2.41 bits per heavy atom. The summed E-state index contributed by atoms with van der Waals surface area (Å²) in [4.78, 5) is 32.1. The van der Waals surface area contributed by atoms with E-state index in [2.05, 4.69) is 9.88 Å². The molecule has 1 aromatic heterocycles. The van der Waals surface area contributed by atoms with Gasteiger partial charge in [0.1, 0.15) is 0 Å². The van der Waals surface area contributed by atoms with Crippen molar-refractivity contribution in [3.63, 3.8) is 0 Å². The van der Waals surface area contributed by atoms with E-state index < -0.39 is 10.9 Å². The first-order valence-electron chi connectivity index (χ1n) is 12.1. The van der Waals surface area contributed by atoms with Gasteiger partial charge in [-0.05, 0) is 49.7 Å². The normalized spacial score (nSPS) is 15.2. The maximum Gasteiger partial charge on any atom is 0.306 e. The number of hydrogen-bond donors (Lipinski definition) is 3. The highest BCUT2D eigenvalue weighted by molar-refractivity contribution is 6.22. The number of carboxylic acids is 1. The number of nitro groups is 1. The zero-order chi connectivity index (χ0) is 25.9. The van der Waals surface area contributed by atoms with Crippen LogP contribution in [-0.2, 0) is 11.3 Å². The molecule has 0 atom stereocenters. The molecule has 5 rings (SSSR count). The Hall–Kier alpha value is -4.50. The van der Waals surface area contributed by atoms with Crippen LogP contribution in [0, 0.1) is 16.0 Å². The Labute approximate surface area is 212 Å². The quantitative estimate of drug-likeness (QED) is 0.181. The average Bonchev–Trinajstić information content (AvgIpc) is 3.23. The number of nitrogens with one attached hydrogen (secondary N) is 1. The Kier molecular flexibility index (Phi) is 6.70. The highest BCUT2D eigenvalue weighted by atomic mass is 16.6. The molecule has 9 heteroatoms. The molecule has 1 aliphatic rings. The molecule has 1 saturated heterocycles. The van der Waals surface area contributed by atoms with Gasteiger partial charge in [-0.2, -0.15) is 0 Å². The lowest BCUT2D eigenvalue weighted by molar-refractivity contribution is -0.384. The number of aromatic nitrogens is 1. The number of fused-ring (bicyclic) bond motifs is 1. The number of nitro benzene ring substituents is 1. The van der Waals surface area contributed by atoms with Gasteiger partial charge < -0.3 is 15.2 Å². The molecule has 0 saturated carbocycles. The summed E-state index contributed by atoms with van der Waals surface area (Å²) in [5, 5.41) is 31.9. The molecule has 0 aliphatic carbocycles. The highest BCUT2D eigenvalue weighted by Gasteiger charge is 2.24. The minimum atomic E-state index is -0.716. The summed E-state index contributed by atoms with van der Waals surface area (Å²) in [6, 6.07) is 21.6. The van der Waals surface area contributed by atoms with E-state index in [1.807, 2.05) is 54.6 Å². The van der Waals surface area contributed by atoms with E-state index in [0.29, 0.717) is 40.7 Å². The number of aromatic amines is 1. The number of carbonyl (C=O) groups is 1. The van der Waals surface area contributed by atoms with E-state index in [0.717, 1.165) is 30.8 Å². The molecule has 3 N–H and O–H groups in total. The van der Waals surface area contributed by atoms with Gasteiger partial charge in [-0.25, -0.2) is 4.99 Å². The third kappa shape index (κ3) is 5.22. The lowest BCUT2D eigenvalue weighted by Gasteiger charge is -2.30. The maximum absolute atomic E-state index is 11.4. The largest absolute Gasteiger partial charge is 0.494 e. The topological polar surface area (TPSA) is 132 Å². The van der Waals surface area contributed by atoms with Crippen LogP contribution in [0.4, 0.5) is 11.4 Å². The van der Waals surface area contributed by atoms with Crippen molar-refractivity contribution in [2.45, 2.75) is 19.4 Å². The molecule has 0 bridgehead atoms. The Balaban J connectivity index is 1.47. The third-order valence-electron chi connectivity index (χ3n) is 6.78. The summed E-state index contributed by atoms with van der Waals surface area (Å²) in [5.41, 5.74) is 3.92. The smallest absolute Gasteiger partial charge is 0.306 e. The molecule has 4 aromatic rings. The van der Waals surface area contributed by atoms with Crippen molar-refractivity contribution in [3.8, 4) is 5.88 Å². The van der Waals surface area contributed by atoms with E-state index in [9.17, 15) is 25.1 Å². The summed E-state index contributed by atoms with van der Waals surface area (Å²) in [6.45, 7) is 2.23. The number of non-ortho nitro benzene ring substituents is 1. The third-order valence-corrected chi connectivity index (χ3v) is 6.78. The number of H-pyrrole nitrogens is 1. The second-order valence-corrected chi connectivity index (χ2v) is 9.22. The highest BCUT2D eigenvalue weighted by Crippen LogP contribution is 2.33. The van der Waals surface area contributed by atoms with Crippen LogP contribution >= 0.6 is 0 Å². The molecule has 2 heterocycles. The SMILES string of the molecule is O=C(O)C1CCN(Cc2ccc(N=C(c3ccccc3)c3c(O)[nH]c4ccc([N+](=O)[O-])cc34)cc2)CC1. The summed E-state index contributed by atoms with van der Waals surface area (Å²) >= 11 is 0. The van der Waals surface area contributed by atoms with E-state index >= 15 is 0 Å². The van der Waals surface area contributed by atoms with Crippen molar-refractivity contribution >= 4 is 34.0 Å². The second-order valence-electron chi connectivity index (χ2n) is 9.22. The van der Waals surface area contributed by atoms with E-state index in [4.69, 9.17) is 4.99 Å². The van der Waals surface area contributed by atoms with Crippen molar-refractivity contribution in [2.75, 3.05) is 13.1 Å². The molecular weight excluding hydrogens is 472 g/mol. The number of hydrogen-bond acceptors (Lipinski definition) is 6. The van der Waals surface area contributed by atoms with Crippen molar-refractivity contribution in [2.24, 2.45) is 10.9 Å². The van der Waals surface area contributed by atoms with Crippen LogP contribution in [0.1, 0.15) is 29.5 Å². The lowest BCUT2D eigenvalue weighted by Crippen LogP contribution is -2.35. The summed E-state index contributed by atoms with van der Waals surface area (Å²) in [5.74, 6) is -1.09. The number of nitrogens with zero attached hydrogens (tertiary/aromatic N) is 3. The van der Waals surface area contributed by atoms with Gasteiger partial charge in [0.2, 0.25) is 0 Å². The number of carboxylic acid groups (broad SMARTS) is 1. The zero-order valence-electron chi connectivity index (χ0n) is 20.0. The zero-order valence-corrected chi connectivity index (χ0v) is 20.0. The fourth-order valence-electron chi connectivity index (χ4n) is 4.78. The lowest BCUT2D eigenvalue weighted by atomic mass is 9.97. The molecule has 0 spiro atoms. The molecule has 0 radical (unpaired) electrons. The monoisotopic (exact) mass is 498 g/mol. The standard InChI is InChI=1S/C28H26N4O5/c33-27-25(23-16-22(32(36)37)10-11-24(23)30-27)26(19-4-2-1-3-5-19)29-21-8-6-18(7-9-21)17-31-14-12-20(13-15-31)28(34)35/h1-11,16,20,30,33H,12-15,17H2,(H,34,35).